The van der Waals surface area contributed by atoms with Crippen LogP contribution in [0.4, 0.5) is 10.1 Å². The van der Waals surface area contributed by atoms with E-state index >= 15 is 0 Å². The number of ether oxygens (including phenoxy) is 1. The number of carbonyl (C=O) groups is 1. The maximum absolute atomic E-state index is 14.2. The summed E-state index contributed by atoms with van der Waals surface area (Å²) in [5, 5.41) is 8.93. The molecular formula is C19H17FN2O5S. The van der Waals surface area contributed by atoms with Gasteiger partial charge >= 0.3 is 5.97 Å². The number of sulfonamides is 1. The molecule has 0 amide bonds. The van der Waals surface area contributed by atoms with Crippen LogP contribution in [-0.4, -0.2) is 31.2 Å². The number of nitrogens with zero attached hydrogens (tertiary/aromatic N) is 1. The number of aromatic nitrogens is 1. The minimum absolute atomic E-state index is 0.0172. The van der Waals surface area contributed by atoms with Crippen molar-refractivity contribution in [3.8, 4) is 11.4 Å². The highest BCUT2D eigenvalue weighted by atomic mass is 32.2. The Morgan fingerprint density at radius 3 is 2.54 bits per heavy atom. The Hall–Kier alpha value is -3.33. The smallest absolute Gasteiger partial charge is 0.307 e. The van der Waals surface area contributed by atoms with E-state index in [9.17, 15) is 17.6 Å². The molecule has 0 aliphatic heterocycles. The van der Waals surface area contributed by atoms with Crippen molar-refractivity contribution in [3.05, 3.63) is 72.3 Å². The number of benzene rings is 2. The lowest BCUT2D eigenvalue weighted by molar-refractivity contribution is -0.136. The first-order valence-electron chi connectivity index (χ1n) is 8.14. The molecule has 0 radical (unpaired) electrons. The summed E-state index contributed by atoms with van der Waals surface area (Å²) in [6, 6.07) is 11.6. The minimum atomic E-state index is -4.24. The molecule has 0 unspecified atom stereocenters. The van der Waals surface area contributed by atoms with Crippen molar-refractivity contribution in [1.82, 2.24) is 4.57 Å². The quantitative estimate of drug-likeness (QED) is 0.631. The number of aliphatic carboxylic acids is 1. The van der Waals surface area contributed by atoms with Crippen molar-refractivity contribution in [3.63, 3.8) is 0 Å². The molecule has 2 N–H and O–H groups in total. The fraction of sp³-hybridized carbons (Fsp3) is 0.105. The van der Waals surface area contributed by atoms with E-state index in [1.54, 1.807) is 29.1 Å². The van der Waals surface area contributed by atoms with Gasteiger partial charge in [-0.15, -0.1) is 0 Å². The predicted molar refractivity (Wildman–Crippen MR) is 101 cm³/mol. The number of carboxylic acids is 1. The van der Waals surface area contributed by atoms with Crippen LogP contribution in [0.15, 0.2) is 65.8 Å². The summed E-state index contributed by atoms with van der Waals surface area (Å²) in [5.41, 5.74) is 0.600. The lowest BCUT2D eigenvalue weighted by Crippen LogP contribution is -2.16. The highest BCUT2D eigenvalue weighted by molar-refractivity contribution is 7.92. The first-order chi connectivity index (χ1) is 13.3. The van der Waals surface area contributed by atoms with E-state index in [0.29, 0.717) is 5.69 Å². The van der Waals surface area contributed by atoms with Crippen LogP contribution in [0.1, 0.15) is 5.56 Å². The Balaban J connectivity index is 2.00. The zero-order chi connectivity index (χ0) is 20.3. The number of hydrogen-bond acceptors (Lipinski definition) is 4. The molecule has 0 spiro atoms. The Morgan fingerprint density at radius 2 is 1.89 bits per heavy atom. The molecule has 1 aromatic heterocycles. The van der Waals surface area contributed by atoms with Gasteiger partial charge in [0.2, 0.25) is 0 Å². The number of halogens is 1. The van der Waals surface area contributed by atoms with Crippen molar-refractivity contribution in [2.24, 2.45) is 0 Å². The highest BCUT2D eigenvalue weighted by Gasteiger charge is 2.22. The summed E-state index contributed by atoms with van der Waals surface area (Å²) in [4.78, 5) is 10.6. The van der Waals surface area contributed by atoms with Crippen LogP contribution in [0.2, 0.25) is 0 Å². The molecule has 9 heteroatoms. The Bertz CT molecular complexity index is 1110. The summed E-state index contributed by atoms with van der Waals surface area (Å²) in [6.45, 7) is 0. The standard InChI is InChI=1S/C19H17FN2O5S/c1-27-17-7-4-13(11-19(23)24)10-18(17)28(25,26)21-16-12-14(5-6-15(16)20)22-8-2-3-9-22/h2-10,12,21H,11H2,1H3,(H,23,24). The Kier molecular flexibility index (Phi) is 5.36. The SMILES string of the molecule is COc1ccc(CC(=O)O)cc1S(=O)(=O)Nc1cc(-n2cccc2)ccc1F. The van der Waals surface area contributed by atoms with Crippen molar-refractivity contribution in [2.75, 3.05) is 11.8 Å². The van der Waals surface area contributed by atoms with E-state index in [2.05, 4.69) is 4.72 Å². The Morgan fingerprint density at radius 1 is 1.18 bits per heavy atom. The number of nitrogens with one attached hydrogen (secondary N) is 1. The first-order valence-corrected chi connectivity index (χ1v) is 9.63. The zero-order valence-electron chi connectivity index (χ0n) is 14.8. The third-order valence-electron chi connectivity index (χ3n) is 3.97. The maximum Gasteiger partial charge on any atom is 0.307 e. The van der Waals surface area contributed by atoms with E-state index < -0.39 is 21.8 Å². The lowest BCUT2D eigenvalue weighted by atomic mass is 10.1. The van der Waals surface area contributed by atoms with E-state index in [1.165, 1.54) is 37.4 Å². The van der Waals surface area contributed by atoms with Gasteiger partial charge in [0.1, 0.15) is 16.5 Å². The number of methoxy groups -OCH3 is 1. The summed E-state index contributed by atoms with van der Waals surface area (Å²) >= 11 is 0. The van der Waals surface area contributed by atoms with Crippen molar-refractivity contribution in [1.29, 1.82) is 0 Å². The van der Waals surface area contributed by atoms with Crippen molar-refractivity contribution in [2.45, 2.75) is 11.3 Å². The number of anilines is 1. The summed E-state index contributed by atoms with van der Waals surface area (Å²) in [6.07, 6.45) is 3.12. The molecule has 2 aromatic carbocycles. The Labute approximate surface area is 161 Å². The monoisotopic (exact) mass is 404 g/mol. The molecule has 0 aliphatic carbocycles. The van der Waals surface area contributed by atoms with Gasteiger partial charge in [-0.1, -0.05) is 6.07 Å². The van der Waals surface area contributed by atoms with Gasteiger partial charge in [-0.05, 0) is 48.0 Å². The summed E-state index contributed by atoms with van der Waals surface area (Å²) < 4.78 is 49.0. The van der Waals surface area contributed by atoms with E-state index in [1.807, 2.05) is 0 Å². The third-order valence-corrected chi connectivity index (χ3v) is 5.36. The van der Waals surface area contributed by atoms with Gasteiger partial charge in [-0.25, -0.2) is 12.8 Å². The molecule has 1 heterocycles. The van der Waals surface area contributed by atoms with Crippen LogP contribution in [0.25, 0.3) is 5.69 Å². The fourth-order valence-electron chi connectivity index (χ4n) is 2.67. The number of hydrogen-bond donors (Lipinski definition) is 2. The van der Waals surface area contributed by atoms with E-state index in [4.69, 9.17) is 9.84 Å². The highest BCUT2D eigenvalue weighted by Crippen LogP contribution is 2.29. The van der Waals surface area contributed by atoms with Gasteiger partial charge < -0.3 is 14.4 Å². The molecular weight excluding hydrogens is 387 g/mol. The molecule has 0 atom stereocenters. The topological polar surface area (TPSA) is 97.6 Å². The van der Waals surface area contributed by atoms with Crippen LogP contribution in [0, 0.1) is 5.82 Å². The molecule has 0 saturated carbocycles. The second-order valence-electron chi connectivity index (χ2n) is 5.92. The molecule has 146 valence electrons. The molecule has 28 heavy (non-hydrogen) atoms. The maximum atomic E-state index is 14.2. The van der Waals surface area contributed by atoms with Gasteiger partial charge in [0, 0.05) is 18.1 Å². The molecule has 0 fully saturated rings. The molecule has 3 aromatic rings. The number of carboxylic acid groups (broad SMARTS) is 1. The number of rotatable bonds is 7. The van der Waals surface area contributed by atoms with E-state index in [-0.39, 0.29) is 28.3 Å². The van der Waals surface area contributed by atoms with Crippen LogP contribution in [0.5, 0.6) is 5.75 Å². The van der Waals surface area contributed by atoms with Crippen molar-refractivity contribution < 1.29 is 27.4 Å². The third kappa shape index (κ3) is 4.15. The zero-order valence-corrected chi connectivity index (χ0v) is 15.6. The second-order valence-corrected chi connectivity index (χ2v) is 7.57. The van der Waals surface area contributed by atoms with Crippen LogP contribution in [0.3, 0.4) is 0 Å². The van der Waals surface area contributed by atoms with Crippen LogP contribution < -0.4 is 9.46 Å². The van der Waals surface area contributed by atoms with Gasteiger partial charge in [0.05, 0.1) is 19.2 Å². The average molecular weight is 404 g/mol. The average Bonchev–Trinajstić information content (AvgIpc) is 3.17. The van der Waals surface area contributed by atoms with Crippen LogP contribution in [-0.2, 0) is 21.2 Å². The first kappa shape index (κ1) is 19.4. The lowest BCUT2D eigenvalue weighted by Gasteiger charge is -2.14. The molecule has 3 rings (SSSR count). The van der Waals surface area contributed by atoms with Gasteiger partial charge in [0.15, 0.2) is 0 Å². The normalized spacial score (nSPS) is 11.2. The van der Waals surface area contributed by atoms with Gasteiger partial charge in [-0.2, -0.15) is 0 Å². The fourth-order valence-corrected chi connectivity index (χ4v) is 3.95. The molecule has 7 nitrogen and oxygen atoms in total. The van der Waals surface area contributed by atoms with Crippen molar-refractivity contribution >= 4 is 21.7 Å². The van der Waals surface area contributed by atoms with E-state index in [0.717, 1.165) is 6.07 Å². The van der Waals surface area contributed by atoms with Crippen LogP contribution >= 0.6 is 0 Å². The molecule has 0 saturated heterocycles. The van der Waals surface area contributed by atoms with Gasteiger partial charge in [-0.3, -0.25) is 9.52 Å². The molecule has 0 aliphatic rings. The summed E-state index contributed by atoms with van der Waals surface area (Å²) in [5.74, 6) is -1.84. The minimum Gasteiger partial charge on any atom is -0.495 e. The summed E-state index contributed by atoms with van der Waals surface area (Å²) in [7, 11) is -2.95. The predicted octanol–water partition coefficient (Wildman–Crippen LogP) is 3.05. The second kappa shape index (κ2) is 7.73. The van der Waals surface area contributed by atoms with Gasteiger partial charge in [0.25, 0.3) is 10.0 Å². The largest absolute Gasteiger partial charge is 0.495 e. The molecule has 0 bridgehead atoms.